The number of morpholine rings is 1. The number of alkyl halides is 3. The summed E-state index contributed by atoms with van der Waals surface area (Å²) in [4.78, 5) is 63.2. The van der Waals surface area contributed by atoms with Gasteiger partial charge >= 0.3 is 17.8 Å². The van der Waals surface area contributed by atoms with Crippen LogP contribution in [0.1, 0.15) is 28.4 Å². The molecule has 2 atom stereocenters. The summed E-state index contributed by atoms with van der Waals surface area (Å²) in [6, 6.07) is 6.70. The molecule has 0 radical (unpaired) electrons. The molecular weight excluding hydrogens is 676 g/mol. The van der Waals surface area contributed by atoms with Gasteiger partial charge in [-0.2, -0.15) is 13.2 Å². The van der Waals surface area contributed by atoms with Gasteiger partial charge in [-0.05, 0) is 55.3 Å². The molecule has 5 aromatic rings. The molecule has 1 unspecified atom stereocenters. The number of benzene rings is 2. The predicted octanol–water partition coefficient (Wildman–Crippen LogP) is 3.75. The minimum atomic E-state index is -4.63. The topological polar surface area (TPSA) is 138 Å². The van der Waals surface area contributed by atoms with Crippen molar-refractivity contribution in [1.29, 1.82) is 0 Å². The van der Waals surface area contributed by atoms with Crippen molar-refractivity contribution in [1.82, 2.24) is 24.4 Å². The van der Waals surface area contributed by atoms with E-state index in [1.807, 2.05) is 0 Å². The summed E-state index contributed by atoms with van der Waals surface area (Å²) in [6.07, 6.45) is -0.464. The predicted molar refractivity (Wildman–Crippen MR) is 179 cm³/mol. The number of nitrogens with zero attached hydrogens (tertiary/aromatic N) is 5. The van der Waals surface area contributed by atoms with Crippen molar-refractivity contribution in [3.05, 3.63) is 104 Å². The number of hydrogen-bond acceptors (Lipinski definition) is 9. The fourth-order valence-corrected chi connectivity index (χ4v) is 6.33. The first-order chi connectivity index (χ1) is 24.3. The largest absolute Gasteiger partial charge is 0.464 e. The average Bonchev–Trinajstić information content (AvgIpc) is 3.10. The normalized spacial score (nSPS) is 15.6. The molecule has 1 aliphatic rings. The Kier molecular flexibility index (Phi) is 9.62. The zero-order valence-electron chi connectivity index (χ0n) is 27.7. The van der Waals surface area contributed by atoms with Crippen LogP contribution in [-0.2, 0) is 27.7 Å². The number of amides is 1. The number of ether oxygens (including phenoxy) is 2. The number of aromatic nitrogens is 4. The molecule has 1 amide bonds. The van der Waals surface area contributed by atoms with E-state index in [2.05, 4.69) is 15.3 Å². The molecule has 0 bridgehead atoms. The van der Waals surface area contributed by atoms with Crippen LogP contribution in [0.2, 0.25) is 0 Å². The molecule has 6 rings (SSSR count). The van der Waals surface area contributed by atoms with Crippen LogP contribution >= 0.6 is 0 Å². The fourth-order valence-electron chi connectivity index (χ4n) is 6.33. The maximum Gasteiger partial charge on any atom is 0.411 e. The number of nitrogens with one attached hydrogen (secondary N) is 1. The Bertz CT molecular complexity index is 2270. The van der Waals surface area contributed by atoms with Crippen LogP contribution in [0.5, 0.6) is 0 Å². The molecule has 51 heavy (non-hydrogen) atoms. The Hall–Kier alpha value is -5.64. The van der Waals surface area contributed by atoms with Gasteiger partial charge < -0.3 is 19.7 Å². The molecule has 1 saturated heterocycles. The Balaban J connectivity index is 1.35. The van der Waals surface area contributed by atoms with Gasteiger partial charge in [-0.15, -0.1) is 0 Å². The van der Waals surface area contributed by atoms with Gasteiger partial charge in [-0.25, -0.2) is 18.5 Å². The highest BCUT2D eigenvalue weighted by Gasteiger charge is 2.45. The third-order valence-corrected chi connectivity index (χ3v) is 8.79. The van der Waals surface area contributed by atoms with Crippen molar-refractivity contribution in [2.75, 3.05) is 31.3 Å². The lowest BCUT2D eigenvalue weighted by molar-refractivity contribution is -0.167. The maximum absolute atomic E-state index is 15.6. The van der Waals surface area contributed by atoms with Crippen molar-refractivity contribution in [2.45, 2.75) is 38.5 Å². The highest BCUT2D eigenvalue weighted by molar-refractivity contribution is 5.99. The summed E-state index contributed by atoms with van der Waals surface area (Å²) in [5.74, 6) is -2.88. The molecular formula is C35H32F4N6O6. The number of hydrogen-bond donors (Lipinski definition) is 1. The maximum atomic E-state index is 15.6. The molecule has 266 valence electrons. The summed E-state index contributed by atoms with van der Waals surface area (Å²) in [5, 5.41) is 3.25. The minimum absolute atomic E-state index is 0.00918. The Labute approximate surface area is 287 Å². The van der Waals surface area contributed by atoms with Gasteiger partial charge in [0.05, 0.1) is 53.7 Å². The second-order valence-electron chi connectivity index (χ2n) is 11.9. The van der Waals surface area contributed by atoms with Crippen LogP contribution in [0.15, 0.2) is 70.6 Å². The van der Waals surface area contributed by atoms with E-state index in [1.165, 1.54) is 55.3 Å². The molecule has 0 aliphatic carbocycles. The number of rotatable bonds is 8. The van der Waals surface area contributed by atoms with E-state index in [0.717, 1.165) is 15.5 Å². The van der Waals surface area contributed by atoms with E-state index < -0.39 is 59.4 Å². The number of halogens is 4. The van der Waals surface area contributed by atoms with Crippen LogP contribution < -0.4 is 21.5 Å². The zero-order valence-corrected chi connectivity index (χ0v) is 27.7. The number of pyridine rings is 2. The third-order valence-electron chi connectivity index (χ3n) is 8.79. The number of esters is 1. The van der Waals surface area contributed by atoms with Gasteiger partial charge in [0.25, 0.3) is 11.5 Å². The van der Waals surface area contributed by atoms with Gasteiger partial charge in [0.2, 0.25) is 0 Å². The van der Waals surface area contributed by atoms with Gasteiger partial charge in [-0.1, -0.05) is 12.1 Å². The standard InChI is InChI=1S/C35H32F4N6O6/c1-4-51-33(48)25(42-31(46)29-19(2)14-21(16-24(29)36)44-12-13-50-18-28(44)35(37,38)39)15-20-7-8-26(30-22(20)6-5-10-41-30)45-32(47)23-9-11-40-17-27(23)43(3)34(45)49/h5-11,14,16-17,25,28H,4,12-13,15,18H2,1-3H3,(H,42,46)/t25?,28-/m1/s1. The van der Waals surface area contributed by atoms with Gasteiger partial charge in [0.15, 0.2) is 0 Å². The lowest BCUT2D eigenvalue weighted by Crippen LogP contribution is -2.53. The van der Waals surface area contributed by atoms with E-state index in [-0.39, 0.29) is 54.0 Å². The first kappa shape index (κ1) is 35.2. The quantitative estimate of drug-likeness (QED) is 0.189. The summed E-state index contributed by atoms with van der Waals surface area (Å²) < 4.78 is 69.2. The highest BCUT2D eigenvalue weighted by atomic mass is 19.4. The van der Waals surface area contributed by atoms with E-state index in [0.29, 0.717) is 16.5 Å². The van der Waals surface area contributed by atoms with Crippen molar-refractivity contribution in [3.63, 3.8) is 0 Å². The Morgan fingerprint density at radius 3 is 2.63 bits per heavy atom. The van der Waals surface area contributed by atoms with Crippen LogP contribution in [0.4, 0.5) is 23.2 Å². The smallest absolute Gasteiger partial charge is 0.411 e. The fraction of sp³-hybridized carbons (Fsp3) is 0.314. The molecule has 4 heterocycles. The van der Waals surface area contributed by atoms with E-state index in [9.17, 15) is 32.3 Å². The van der Waals surface area contributed by atoms with E-state index in [4.69, 9.17) is 9.47 Å². The molecule has 0 saturated carbocycles. The molecule has 0 spiro atoms. The monoisotopic (exact) mass is 708 g/mol. The second kappa shape index (κ2) is 13.9. The first-order valence-corrected chi connectivity index (χ1v) is 15.9. The van der Waals surface area contributed by atoms with E-state index >= 15 is 4.39 Å². The SMILES string of the molecule is CCOC(=O)C(Cc1ccc(-n2c(=O)c3ccncc3n(C)c2=O)c2ncccc12)NC(=O)c1c(C)cc(N2CCOC[C@@H]2C(F)(F)F)cc1F. The summed E-state index contributed by atoms with van der Waals surface area (Å²) in [7, 11) is 1.51. The van der Waals surface area contributed by atoms with Crippen molar-refractivity contribution in [2.24, 2.45) is 7.05 Å². The number of anilines is 1. The van der Waals surface area contributed by atoms with Crippen molar-refractivity contribution in [3.8, 4) is 5.69 Å². The molecule has 12 nitrogen and oxygen atoms in total. The molecule has 16 heteroatoms. The van der Waals surface area contributed by atoms with Crippen molar-refractivity contribution < 1.29 is 36.6 Å². The average molecular weight is 709 g/mol. The minimum Gasteiger partial charge on any atom is -0.464 e. The highest BCUT2D eigenvalue weighted by Crippen LogP contribution is 2.33. The first-order valence-electron chi connectivity index (χ1n) is 15.9. The van der Waals surface area contributed by atoms with Crippen molar-refractivity contribution >= 4 is 39.4 Å². The molecule has 1 N–H and O–H groups in total. The summed E-state index contributed by atoms with van der Waals surface area (Å²) >= 11 is 0. The Morgan fingerprint density at radius 1 is 1.12 bits per heavy atom. The lowest BCUT2D eigenvalue weighted by atomic mass is 9.99. The number of aryl methyl sites for hydroxylation is 2. The van der Waals surface area contributed by atoms with Crippen LogP contribution in [0.25, 0.3) is 27.5 Å². The van der Waals surface area contributed by atoms with Gasteiger partial charge in [-0.3, -0.25) is 24.1 Å². The molecule has 1 aliphatic heterocycles. The number of carbonyl (C=O) groups is 2. The van der Waals surface area contributed by atoms with Crippen LogP contribution in [0, 0.1) is 12.7 Å². The van der Waals surface area contributed by atoms with Crippen LogP contribution in [-0.4, -0.2) is 75.6 Å². The molecule has 2 aromatic carbocycles. The summed E-state index contributed by atoms with van der Waals surface area (Å²) in [6.45, 7) is 2.19. The van der Waals surface area contributed by atoms with Gasteiger partial charge in [0.1, 0.15) is 17.9 Å². The molecule has 1 fully saturated rings. The number of carbonyl (C=O) groups excluding carboxylic acids is 2. The second-order valence-corrected chi connectivity index (χ2v) is 11.9. The third kappa shape index (κ3) is 6.66. The van der Waals surface area contributed by atoms with Gasteiger partial charge in [0, 0.05) is 43.5 Å². The lowest BCUT2D eigenvalue weighted by Gasteiger charge is -2.38. The molecule has 3 aromatic heterocycles. The Morgan fingerprint density at radius 2 is 1.90 bits per heavy atom. The summed E-state index contributed by atoms with van der Waals surface area (Å²) in [5.41, 5.74) is -0.420. The zero-order chi connectivity index (χ0) is 36.6. The number of fused-ring (bicyclic) bond motifs is 2. The van der Waals surface area contributed by atoms with Crippen LogP contribution in [0.3, 0.4) is 0 Å². The van der Waals surface area contributed by atoms with E-state index in [1.54, 1.807) is 25.1 Å².